The van der Waals surface area contributed by atoms with Gasteiger partial charge in [-0.1, -0.05) is 42.5 Å². The van der Waals surface area contributed by atoms with Crippen LogP contribution in [0.5, 0.6) is 0 Å². The van der Waals surface area contributed by atoms with Gasteiger partial charge in [0.2, 0.25) is 0 Å². The fraction of sp³-hybridized carbons (Fsp3) is 0.269. The van der Waals surface area contributed by atoms with Crippen molar-refractivity contribution in [3.8, 4) is 11.1 Å². The standard InChI is InChI=1S/C26H26F3N5O2S/c1-25(2,3)34-24(31-32-33-34)23(18-11-15-20(16-12-18)37(4,35)36)30-19-13-9-17(10-14-19)21-7-5-6-8-22(21)26(27,28)29/h5-16,23,30H,1-4H3/t23-/m1/s1. The van der Waals surface area contributed by atoms with Gasteiger partial charge in [0.25, 0.3) is 0 Å². The van der Waals surface area contributed by atoms with Gasteiger partial charge < -0.3 is 5.32 Å². The quantitative estimate of drug-likeness (QED) is 0.344. The fourth-order valence-electron chi connectivity index (χ4n) is 3.95. The highest BCUT2D eigenvalue weighted by Crippen LogP contribution is 2.37. The molecule has 0 amide bonds. The third kappa shape index (κ3) is 5.82. The average molecular weight is 530 g/mol. The van der Waals surface area contributed by atoms with Crippen molar-refractivity contribution >= 4 is 15.5 Å². The molecule has 0 aliphatic heterocycles. The second-order valence-electron chi connectivity index (χ2n) is 9.66. The lowest BCUT2D eigenvalue weighted by atomic mass is 9.99. The minimum absolute atomic E-state index is 0.0890. The Bertz CT molecular complexity index is 1490. The Hall–Kier alpha value is -3.73. The summed E-state index contributed by atoms with van der Waals surface area (Å²) < 4.78 is 66.0. The summed E-state index contributed by atoms with van der Waals surface area (Å²) in [4.78, 5) is 0.179. The van der Waals surface area contributed by atoms with Gasteiger partial charge in [-0.15, -0.1) is 5.10 Å². The molecule has 4 rings (SSSR count). The van der Waals surface area contributed by atoms with Gasteiger partial charge in [-0.2, -0.15) is 13.2 Å². The third-order valence-corrected chi connectivity index (χ3v) is 6.90. The summed E-state index contributed by atoms with van der Waals surface area (Å²) in [6.07, 6.45) is -3.34. The normalized spacial score (nSPS) is 13.4. The summed E-state index contributed by atoms with van der Waals surface area (Å²) in [5, 5.41) is 15.6. The molecular formula is C26H26F3N5O2S. The van der Waals surface area contributed by atoms with Crippen LogP contribution in [0.4, 0.5) is 18.9 Å². The van der Waals surface area contributed by atoms with Gasteiger partial charge in [0.15, 0.2) is 15.7 Å². The Balaban J connectivity index is 1.73. The first kappa shape index (κ1) is 26.3. The molecule has 37 heavy (non-hydrogen) atoms. The summed E-state index contributed by atoms with van der Waals surface area (Å²) in [5.41, 5.74) is 0.687. The van der Waals surface area contributed by atoms with Gasteiger partial charge >= 0.3 is 6.18 Å². The van der Waals surface area contributed by atoms with E-state index in [4.69, 9.17) is 0 Å². The third-order valence-electron chi connectivity index (χ3n) is 5.77. The molecule has 194 valence electrons. The monoisotopic (exact) mass is 529 g/mol. The Kier molecular flexibility index (Phi) is 6.85. The van der Waals surface area contributed by atoms with Crippen molar-refractivity contribution in [2.24, 2.45) is 0 Å². The van der Waals surface area contributed by atoms with Crippen LogP contribution in [0.3, 0.4) is 0 Å². The van der Waals surface area contributed by atoms with Crippen molar-refractivity contribution in [2.45, 2.75) is 43.4 Å². The topological polar surface area (TPSA) is 89.8 Å². The molecular weight excluding hydrogens is 503 g/mol. The maximum atomic E-state index is 13.5. The van der Waals surface area contributed by atoms with E-state index in [1.54, 1.807) is 47.1 Å². The molecule has 0 saturated carbocycles. The Morgan fingerprint density at radius 3 is 2.08 bits per heavy atom. The van der Waals surface area contributed by atoms with Crippen molar-refractivity contribution < 1.29 is 21.6 Å². The first-order chi connectivity index (χ1) is 17.2. The minimum Gasteiger partial charge on any atom is -0.371 e. The van der Waals surface area contributed by atoms with Crippen molar-refractivity contribution in [2.75, 3.05) is 11.6 Å². The molecule has 7 nitrogen and oxygen atoms in total. The second-order valence-corrected chi connectivity index (χ2v) is 11.7. The van der Waals surface area contributed by atoms with Gasteiger partial charge in [-0.3, -0.25) is 0 Å². The molecule has 1 atom stereocenters. The molecule has 1 aromatic heterocycles. The number of hydrogen-bond donors (Lipinski definition) is 1. The van der Waals surface area contributed by atoms with Crippen molar-refractivity contribution in [3.63, 3.8) is 0 Å². The first-order valence-electron chi connectivity index (χ1n) is 11.4. The van der Waals surface area contributed by atoms with Gasteiger partial charge in [0.05, 0.1) is 16.0 Å². The zero-order valence-electron chi connectivity index (χ0n) is 20.7. The van der Waals surface area contributed by atoms with Crippen molar-refractivity contribution in [1.82, 2.24) is 20.2 Å². The van der Waals surface area contributed by atoms with Gasteiger partial charge in [-0.05, 0) is 78.2 Å². The number of alkyl halides is 3. The Morgan fingerprint density at radius 1 is 0.892 bits per heavy atom. The molecule has 0 radical (unpaired) electrons. The first-order valence-corrected chi connectivity index (χ1v) is 13.3. The summed E-state index contributed by atoms with van der Waals surface area (Å²) in [5.74, 6) is 0.492. The van der Waals surface area contributed by atoms with Crippen LogP contribution in [-0.2, 0) is 21.6 Å². The van der Waals surface area contributed by atoms with Crippen molar-refractivity contribution in [3.05, 3.63) is 89.7 Å². The zero-order valence-corrected chi connectivity index (χ0v) is 21.5. The Labute approximate surface area is 213 Å². The van der Waals surface area contributed by atoms with E-state index in [9.17, 15) is 21.6 Å². The second kappa shape index (κ2) is 9.62. The van der Waals surface area contributed by atoms with Crippen LogP contribution in [0.1, 0.15) is 43.8 Å². The molecule has 0 fully saturated rings. The molecule has 1 N–H and O–H groups in total. The van der Waals surface area contributed by atoms with E-state index >= 15 is 0 Å². The number of hydrogen-bond acceptors (Lipinski definition) is 6. The number of aromatic nitrogens is 4. The van der Waals surface area contributed by atoms with Gasteiger partial charge in [-0.25, -0.2) is 13.1 Å². The number of nitrogens with one attached hydrogen (secondary N) is 1. The van der Waals surface area contributed by atoms with E-state index in [1.165, 1.54) is 24.3 Å². The SMILES string of the molecule is CC(C)(C)n1nnnc1[C@H](Nc1ccc(-c2ccccc2C(F)(F)F)cc1)c1ccc(S(C)(=O)=O)cc1. The molecule has 11 heteroatoms. The van der Waals surface area contributed by atoms with E-state index in [1.807, 2.05) is 20.8 Å². The number of nitrogens with zero attached hydrogens (tertiary/aromatic N) is 4. The maximum Gasteiger partial charge on any atom is 0.417 e. The van der Waals surface area contributed by atoms with E-state index < -0.39 is 33.2 Å². The van der Waals surface area contributed by atoms with Crippen LogP contribution in [0.25, 0.3) is 11.1 Å². The van der Waals surface area contributed by atoms with Crippen LogP contribution >= 0.6 is 0 Å². The molecule has 0 saturated heterocycles. The van der Waals surface area contributed by atoms with Crippen molar-refractivity contribution in [1.29, 1.82) is 0 Å². The smallest absolute Gasteiger partial charge is 0.371 e. The van der Waals surface area contributed by atoms with Crippen LogP contribution < -0.4 is 5.32 Å². The maximum absolute atomic E-state index is 13.5. The van der Waals surface area contributed by atoms with Gasteiger partial charge in [0, 0.05) is 11.9 Å². The lowest BCUT2D eigenvalue weighted by Crippen LogP contribution is -2.29. The zero-order chi connectivity index (χ0) is 27.0. The highest BCUT2D eigenvalue weighted by Gasteiger charge is 2.33. The van der Waals surface area contributed by atoms with E-state index in [0.29, 0.717) is 22.6 Å². The molecule has 0 bridgehead atoms. The number of anilines is 1. The van der Waals surface area contributed by atoms with E-state index in [-0.39, 0.29) is 10.5 Å². The minimum atomic E-state index is -4.47. The summed E-state index contributed by atoms with van der Waals surface area (Å²) in [6, 6.07) is 17.9. The molecule has 0 unspecified atom stereocenters. The summed E-state index contributed by atoms with van der Waals surface area (Å²) in [6.45, 7) is 5.84. The fourth-order valence-corrected chi connectivity index (χ4v) is 4.58. The molecule has 1 heterocycles. The average Bonchev–Trinajstić information content (AvgIpc) is 3.32. The highest BCUT2D eigenvalue weighted by molar-refractivity contribution is 7.90. The number of benzene rings is 3. The largest absolute Gasteiger partial charge is 0.417 e. The summed E-state index contributed by atoms with van der Waals surface area (Å²) >= 11 is 0. The predicted molar refractivity (Wildman–Crippen MR) is 135 cm³/mol. The highest BCUT2D eigenvalue weighted by atomic mass is 32.2. The van der Waals surface area contributed by atoms with Crippen LogP contribution in [0, 0.1) is 0 Å². The van der Waals surface area contributed by atoms with Gasteiger partial charge in [0.1, 0.15) is 6.04 Å². The van der Waals surface area contributed by atoms with E-state index in [2.05, 4.69) is 20.8 Å². The number of rotatable bonds is 6. The lowest BCUT2D eigenvalue weighted by molar-refractivity contribution is -0.137. The molecule has 0 spiro atoms. The molecule has 3 aromatic carbocycles. The van der Waals surface area contributed by atoms with Crippen LogP contribution in [0.15, 0.2) is 77.7 Å². The van der Waals surface area contributed by atoms with Crippen LogP contribution in [-0.4, -0.2) is 34.9 Å². The number of tetrazole rings is 1. The predicted octanol–water partition coefficient (Wildman–Crippen LogP) is 5.72. The molecule has 4 aromatic rings. The number of halogens is 3. The Morgan fingerprint density at radius 2 is 1.51 bits per heavy atom. The summed E-state index contributed by atoms with van der Waals surface area (Å²) in [7, 11) is -3.38. The number of sulfone groups is 1. The lowest BCUT2D eigenvalue weighted by Gasteiger charge is -2.25. The van der Waals surface area contributed by atoms with E-state index in [0.717, 1.165) is 12.3 Å². The van der Waals surface area contributed by atoms with Crippen LogP contribution in [0.2, 0.25) is 0 Å². The molecule has 0 aliphatic carbocycles. The molecule has 0 aliphatic rings.